The summed E-state index contributed by atoms with van der Waals surface area (Å²) >= 11 is 3.26. The van der Waals surface area contributed by atoms with Gasteiger partial charge in [-0.1, -0.05) is 15.9 Å². The van der Waals surface area contributed by atoms with Gasteiger partial charge >= 0.3 is 6.18 Å². The first-order valence-electron chi connectivity index (χ1n) is 6.09. The quantitative estimate of drug-likeness (QED) is 0.645. The molecular weight excluding hydrogens is 337 g/mol. The smallest absolute Gasteiger partial charge is 0.416 e. The van der Waals surface area contributed by atoms with E-state index in [0.29, 0.717) is 22.4 Å². The number of hydrogen-bond acceptors (Lipinski definition) is 3. The molecule has 0 amide bonds. The number of allylic oxidation sites excluding steroid dienone is 1. The van der Waals surface area contributed by atoms with Crippen molar-refractivity contribution in [3.05, 3.63) is 45.6 Å². The molecule has 1 aliphatic rings. The number of halogens is 4. The Labute approximate surface area is 123 Å². The molecule has 3 nitrogen and oxygen atoms in total. The van der Waals surface area contributed by atoms with Gasteiger partial charge in [0, 0.05) is 4.47 Å². The van der Waals surface area contributed by atoms with Crippen LogP contribution in [0.25, 0.3) is 0 Å². The van der Waals surface area contributed by atoms with Crippen molar-refractivity contribution in [2.45, 2.75) is 25.1 Å². The third kappa shape index (κ3) is 3.34. The number of rotatable bonds is 3. The van der Waals surface area contributed by atoms with Crippen LogP contribution in [0.1, 0.15) is 30.0 Å². The SMILES string of the molecule is NNC(C1=CCCCO1)c1cc(C(F)(F)F)ccc1Br. The normalized spacial score (nSPS) is 17.4. The van der Waals surface area contributed by atoms with Gasteiger partial charge in [-0.25, -0.2) is 5.43 Å². The van der Waals surface area contributed by atoms with E-state index in [-0.39, 0.29) is 0 Å². The maximum atomic E-state index is 12.8. The van der Waals surface area contributed by atoms with Crippen LogP contribution in [0.4, 0.5) is 13.2 Å². The zero-order chi connectivity index (χ0) is 14.8. The number of nitrogens with one attached hydrogen (secondary N) is 1. The van der Waals surface area contributed by atoms with E-state index >= 15 is 0 Å². The predicted molar refractivity (Wildman–Crippen MR) is 72.5 cm³/mol. The fourth-order valence-corrected chi connectivity index (χ4v) is 2.52. The number of ether oxygens (including phenoxy) is 1. The predicted octanol–water partition coefficient (Wildman–Crippen LogP) is 3.67. The minimum Gasteiger partial charge on any atom is -0.496 e. The molecule has 1 atom stereocenters. The fraction of sp³-hybridized carbons (Fsp3) is 0.385. The highest BCUT2D eigenvalue weighted by molar-refractivity contribution is 9.10. The van der Waals surface area contributed by atoms with Crippen LogP contribution < -0.4 is 11.3 Å². The summed E-state index contributed by atoms with van der Waals surface area (Å²) in [6.07, 6.45) is -0.828. The maximum absolute atomic E-state index is 12.8. The first-order valence-corrected chi connectivity index (χ1v) is 6.88. The van der Waals surface area contributed by atoms with Gasteiger partial charge in [0.1, 0.15) is 11.8 Å². The summed E-state index contributed by atoms with van der Waals surface area (Å²) in [4.78, 5) is 0. The van der Waals surface area contributed by atoms with Gasteiger partial charge in [0.15, 0.2) is 0 Å². The molecule has 1 aliphatic heterocycles. The Morgan fingerprint density at radius 2 is 2.10 bits per heavy atom. The van der Waals surface area contributed by atoms with Crippen molar-refractivity contribution in [2.24, 2.45) is 5.84 Å². The van der Waals surface area contributed by atoms with E-state index in [1.165, 1.54) is 6.07 Å². The van der Waals surface area contributed by atoms with E-state index in [1.807, 2.05) is 6.08 Å². The van der Waals surface area contributed by atoms with E-state index in [1.54, 1.807) is 0 Å². The highest BCUT2D eigenvalue weighted by atomic mass is 79.9. The Bertz CT molecular complexity index is 517. The second-order valence-corrected chi connectivity index (χ2v) is 5.29. The molecule has 2 rings (SSSR count). The lowest BCUT2D eigenvalue weighted by Crippen LogP contribution is -2.31. The Morgan fingerprint density at radius 1 is 1.35 bits per heavy atom. The Balaban J connectivity index is 2.40. The molecular formula is C13H14BrF3N2O. The number of benzene rings is 1. The highest BCUT2D eigenvalue weighted by Gasteiger charge is 2.32. The molecule has 1 aromatic rings. The lowest BCUT2D eigenvalue weighted by molar-refractivity contribution is -0.137. The molecule has 0 saturated carbocycles. The third-order valence-corrected chi connectivity index (χ3v) is 3.77. The zero-order valence-corrected chi connectivity index (χ0v) is 12.1. The van der Waals surface area contributed by atoms with Gasteiger partial charge in [0.25, 0.3) is 0 Å². The molecule has 0 saturated heterocycles. The molecule has 7 heteroatoms. The summed E-state index contributed by atoms with van der Waals surface area (Å²) < 4.78 is 44.4. The van der Waals surface area contributed by atoms with Gasteiger partial charge in [-0.05, 0) is 42.7 Å². The van der Waals surface area contributed by atoms with E-state index in [9.17, 15) is 13.2 Å². The average molecular weight is 351 g/mol. The largest absolute Gasteiger partial charge is 0.496 e. The molecule has 0 aromatic heterocycles. The third-order valence-electron chi connectivity index (χ3n) is 3.05. The molecule has 0 fully saturated rings. The molecule has 110 valence electrons. The standard InChI is InChI=1S/C13H14BrF3N2O/c14-10-5-4-8(13(15,16)17)7-9(10)12(19-18)11-3-1-2-6-20-11/h3-5,7,12,19H,1-2,6,18H2. The Hall–Kier alpha value is -1.05. The van der Waals surface area contributed by atoms with Gasteiger partial charge in [-0.2, -0.15) is 13.2 Å². The summed E-state index contributed by atoms with van der Waals surface area (Å²) in [5, 5.41) is 0. The van der Waals surface area contributed by atoms with E-state index in [2.05, 4.69) is 21.4 Å². The van der Waals surface area contributed by atoms with Gasteiger partial charge < -0.3 is 4.74 Å². The average Bonchev–Trinajstić information content (AvgIpc) is 2.41. The lowest BCUT2D eigenvalue weighted by atomic mass is 10.0. The number of nitrogens with two attached hydrogens (primary N) is 1. The topological polar surface area (TPSA) is 47.3 Å². The van der Waals surface area contributed by atoms with Gasteiger partial charge in [-0.3, -0.25) is 5.84 Å². The van der Waals surface area contributed by atoms with Crippen LogP contribution in [0.3, 0.4) is 0 Å². The molecule has 1 aromatic carbocycles. The summed E-state index contributed by atoms with van der Waals surface area (Å²) in [6.45, 7) is 0.542. The van der Waals surface area contributed by atoms with E-state index < -0.39 is 17.8 Å². The van der Waals surface area contributed by atoms with Crippen molar-refractivity contribution < 1.29 is 17.9 Å². The first kappa shape index (κ1) is 15.3. The van der Waals surface area contributed by atoms with Gasteiger partial charge in [0.05, 0.1) is 12.2 Å². The lowest BCUT2D eigenvalue weighted by Gasteiger charge is -2.25. The second-order valence-electron chi connectivity index (χ2n) is 4.43. The Morgan fingerprint density at radius 3 is 2.65 bits per heavy atom. The van der Waals surface area contributed by atoms with Crippen molar-refractivity contribution in [1.29, 1.82) is 0 Å². The molecule has 1 heterocycles. The van der Waals surface area contributed by atoms with Crippen LogP contribution in [0.2, 0.25) is 0 Å². The Kier molecular flexibility index (Phi) is 4.72. The maximum Gasteiger partial charge on any atom is 0.416 e. The van der Waals surface area contributed by atoms with Crippen molar-refractivity contribution in [2.75, 3.05) is 6.61 Å². The first-order chi connectivity index (χ1) is 9.43. The van der Waals surface area contributed by atoms with Crippen LogP contribution in [-0.2, 0) is 10.9 Å². The van der Waals surface area contributed by atoms with Crippen LogP contribution in [0, 0.1) is 0 Å². The van der Waals surface area contributed by atoms with Crippen LogP contribution in [-0.4, -0.2) is 6.61 Å². The molecule has 0 bridgehead atoms. The van der Waals surface area contributed by atoms with Crippen LogP contribution >= 0.6 is 15.9 Å². The molecule has 0 aliphatic carbocycles. The summed E-state index contributed by atoms with van der Waals surface area (Å²) in [5.41, 5.74) is 2.20. The van der Waals surface area contributed by atoms with Crippen LogP contribution in [0.5, 0.6) is 0 Å². The highest BCUT2D eigenvalue weighted by Crippen LogP contribution is 2.36. The number of alkyl halides is 3. The summed E-state index contributed by atoms with van der Waals surface area (Å²) in [6, 6.07) is 2.86. The monoisotopic (exact) mass is 350 g/mol. The van der Waals surface area contributed by atoms with Crippen molar-refractivity contribution >= 4 is 15.9 Å². The molecule has 20 heavy (non-hydrogen) atoms. The van der Waals surface area contributed by atoms with Crippen molar-refractivity contribution in [3.8, 4) is 0 Å². The van der Waals surface area contributed by atoms with Gasteiger partial charge in [-0.15, -0.1) is 0 Å². The van der Waals surface area contributed by atoms with Crippen molar-refractivity contribution in [1.82, 2.24) is 5.43 Å². The van der Waals surface area contributed by atoms with Gasteiger partial charge in [0.2, 0.25) is 0 Å². The molecule has 0 radical (unpaired) electrons. The van der Waals surface area contributed by atoms with Crippen molar-refractivity contribution in [3.63, 3.8) is 0 Å². The minimum absolute atomic E-state index is 0.399. The second kappa shape index (κ2) is 6.15. The van der Waals surface area contributed by atoms with E-state index in [0.717, 1.165) is 25.0 Å². The minimum atomic E-state index is -4.39. The zero-order valence-electron chi connectivity index (χ0n) is 10.5. The molecule has 3 N–H and O–H groups in total. The fourth-order valence-electron chi connectivity index (χ4n) is 2.04. The van der Waals surface area contributed by atoms with Crippen LogP contribution in [0.15, 0.2) is 34.5 Å². The summed E-state index contributed by atoms with van der Waals surface area (Å²) in [7, 11) is 0. The number of hydrogen-bond donors (Lipinski definition) is 2. The summed E-state index contributed by atoms with van der Waals surface area (Å²) in [5.74, 6) is 6.05. The van der Waals surface area contributed by atoms with E-state index in [4.69, 9.17) is 10.6 Å². The number of hydrazine groups is 1. The molecule has 0 spiro atoms. The molecule has 1 unspecified atom stereocenters.